The van der Waals surface area contributed by atoms with Gasteiger partial charge in [0.15, 0.2) is 0 Å². The normalized spacial score (nSPS) is 10.4. The van der Waals surface area contributed by atoms with Gasteiger partial charge >= 0.3 is 0 Å². The fourth-order valence-corrected chi connectivity index (χ4v) is 1.65. The van der Waals surface area contributed by atoms with Gasteiger partial charge in [-0.3, -0.25) is 0 Å². The molecule has 2 rings (SSSR count). The average Bonchev–Trinajstić information content (AvgIpc) is 2.27. The maximum Gasteiger partial charge on any atom is 0.119 e. The van der Waals surface area contributed by atoms with Crippen molar-refractivity contribution in [3.8, 4) is 5.75 Å². The zero-order valence-electron chi connectivity index (χ0n) is 7.96. The van der Waals surface area contributed by atoms with E-state index in [0.29, 0.717) is 5.88 Å². The summed E-state index contributed by atoms with van der Waals surface area (Å²) in [6.07, 6.45) is 0. The second kappa shape index (κ2) is 3.89. The molecule has 1 nitrogen and oxygen atoms in total. The average molecular weight is 207 g/mol. The van der Waals surface area contributed by atoms with Crippen molar-refractivity contribution < 1.29 is 4.74 Å². The summed E-state index contributed by atoms with van der Waals surface area (Å²) in [6, 6.07) is 12.2. The molecule has 2 heteroatoms. The van der Waals surface area contributed by atoms with Crippen LogP contribution in [-0.2, 0) is 5.88 Å². The first-order valence-electron chi connectivity index (χ1n) is 4.46. The zero-order valence-corrected chi connectivity index (χ0v) is 8.71. The van der Waals surface area contributed by atoms with Crippen molar-refractivity contribution in [2.24, 2.45) is 0 Å². The number of benzene rings is 2. The first kappa shape index (κ1) is 9.35. The van der Waals surface area contributed by atoms with Crippen molar-refractivity contribution in [1.82, 2.24) is 0 Å². The van der Waals surface area contributed by atoms with E-state index in [4.69, 9.17) is 16.3 Å². The van der Waals surface area contributed by atoms with E-state index in [1.807, 2.05) is 24.3 Å². The molecule has 72 valence electrons. The SMILES string of the molecule is COc1ccc2cc(CCl)ccc2c1. The molecule has 0 unspecified atom stereocenters. The molecule has 0 aromatic heterocycles. The van der Waals surface area contributed by atoms with Crippen molar-refractivity contribution in [3.63, 3.8) is 0 Å². The second-order valence-corrected chi connectivity index (χ2v) is 3.45. The zero-order chi connectivity index (χ0) is 9.97. The maximum absolute atomic E-state index is 5.76. The Morgan fingerprint density at radius 2 is 1.79 bits per heavy atom. The third-order valence-corrected chi connectivity index (χ3v) is 2.57. The van der Waals surface area contributed by atoms with Gasteiger partial charge in [0.05, 0.1) is 7.11 Å². The summed E-state index contributed by atoms with van der Waals surface area (Å²) in [4.78, 5) is 0. The van der Waals surface area contributed by atoms with Gasteiger partial charge in [0.1, 0.15) is 5.75 Å². The fourth-order valence-electron chi connectivity index (χ4n) is 1.48. The van der Waals surface area contributed by atoms with Crippen LogP contribution >= 0.6 is 11.6 Å². The Labute approximate surface area is 88.3 Å². The second-order valence-electron chi connectivity index (χ2n) is 3.18. The Hall–Kier alpha value is -1.21. The molecule has 0 saturated carbocycles. The van der Waals surface area contributed by atoms with E-state index in [-0.39, 0.29) is 0 Å². The Morgan fingerprint density at radius 3 is 2.50 bits per heavy atom. The number of fused-ring (bicyclic) bond motifs is 1. The summed E-state index contributed by atoms with van der Waals surface area (Å²) in [5.41, 5.74) is 1.14. The molecule has 0 saturated heterocycles. The van der Waals surface area contributed by atoms with E-state index >= 15 is 0 Å². The molecule has 0 bridgehead atoms. The lowest BCUT2D eigenvalue weighted by Gasteiger charge is -2.03. The summed E-state index contributed by atoms with van der Waals surface area (Å²) >= 11 is 5.76. The highest BCUT2D eigenvalue weighted by Gasteiger charge is 1.97. The summed E-state index contributed by atoms with van der Waals surface area (Å²) in [5, 5.41) is 2.38. The van der Waals surface area contributed by atoms with Crippen molar-refractivity contribution in [2.75, 3.05) is 7.11 Å². The highest BCUT2D eigenvalue weighted by molar-refractivity contribution is 6.17. The highest BCUT2D eigenvalue weighted by Crippen LogP contribution is 2.22. The molecule has 0 aliphatic carbocycles. The van der Waals surface area contributed by atoms with Gasteiger partial charge in [0.25, 0.3) is 0 Å². The van der Waals surface area contributed by atoms with Crippen molar-refractivity contribution in [2.45, 2.75) is 5.88 Å². The van der Waals surface area contributed by atoms with Crippen LogP contribution in [0.1, 0.15) is 5.56 Å². The van der Waals surface area contributed by atoms with Crippen LogP contribution in [-0.4, -0.2) is 7.11 Å². The Kier molecular flexibility index (Phi) is 2.60. The van der Waals surface area contributed by atoms with Crippen molar-refractivity contribution >= 4 is 22.4 Å². The van der Waals surface area contributed by atoms with Crippen LogP contribution in [0.3, 0.4) is 0 Å². The minimum atomic E-state index is 0.558. The monoisotopic (exact) mass is 206 g/mol. The van der Waals surface area contributed by atoms with Gasteiger partial charge in [-0.1, -0.05) is 18.2 Å². The number of alkyl halides is 1. The van der Waals surface area contributed by atoms with Gasteiger partial charge in [0, 0.05) is 5.88 Å². The van der Waals surface area contributed by atoms with Crippen LogP contribution < -0.4 is 4.74 Å². The van der Waals surface area contributed by atoms with Crippen LogP contribution in [0.5, 0.6) is 5.75 Å². The summed E-state index contributed by atoms with van der Waals surface area (Å²) < 4.78 is 5.15. The lowest BCUT2D eigenvalue weighted by atomic mass is 10.1. The standard InChI is InChI=1S/C12H11ClO/c1-14-12-5-4-10-6-9(8-13)2-3-11(10)7-12/h2-7H,8H2,1H3. The van der Waals surface area contributed by atoms with E-state index in [9.17, 15) is 0 Å². The quantitative estimate of drug-likeness (QED) is 0.683. The smallest absolute Gasteiger partial charge is 0.119 e. The first-order valence-corrected chi connectivity index (χ1v) is 4.99. The van der Waals surface area contributed by atoms with Gasteiger partial charge < -0.3 is 4.74 Å². The number of ether oxygens (including phenoxy) is 1. The van der Waals surface area contributed by atoms with Crippen LogP contribution in [0, 0.1) is 0 Å². The molecule has 0 aliphatic heterocycles. The third-order valence-electron chi connectivity index (χ3n) is 2.27. The van der Waals surface area contributed by atoms with Gasteiger partial charge in [-0.05, 0) is 34.5 Å². The predicted molar refractivity (Wildman–Crippen MR) is 60.1 cm³/mol. The first-order chi connectivity index (χ1) is 6.83. The van der Waals surface area contributed by atoms with Crippen LogP contribution in [0.25, 0.3) is 10.8 Å². The Bertz CT molecular complexity index is 408. The molecule has 2 aromatic rings. The largest absolute Gasteiger partial charge is 0.497 e. The molecule has 0 amide bonds. The molecular weight excluding hydrogens is 196 g/mol. The number of methoxy groups -OCH3 is 1. The number of halogens is 1. The molecule has 0 spiro atoms. The molecule has 0 atom stereocenters. The van der Waals surface area contributed by atoms with E-state index in [0.717, 1.165) is 11.3 Å². The molecular formula is C12H11ClO. The van der Waals surface area contributed by atoms with Crippen LogP contribution in [0.2, 0.25) is 0 Å². The topological polar surface area (TPSA) is 9.23 Å². The van der Waals surface area contributed by atoms with E-state index in [2.05, 4.69) is 12.1 Å². The summed E-state index contributed by atoms with van der Waals surface area (Å²) in [6.45, 7) is 0. The van der Waals surface area contributed by atoms with Gasteiger partial charge in [-0.25, -0.2) is 0 Å². The third kappa shape index (κ3) is 1.68. The molecule has 0 aliphatic rings. The molecule has 0 N–H and O–H groups in total. The van der Waals surface area contributed by atoms with Crippen molar-refractivity contribution in [1.29, 1.82) is 0 Å². The Balaban J connectivity index is 2.57. The highest BCUT2D eigenvalue weighted by atomic mass is 35.5. The van der Waals surface area contributed by atoms with Gasteiger partial charge in [0.2, 0.25) is 0 Å². The minimum absolute atomic E-state index is 0.558. The van der Waals surface area contributed by atoms with Crippen molar-refractivity contribution in [3.05, 3.63) is 42.0 Å². The Morgan fingerprint density at radius 1 is 1.07 bits per heavy atom. The van der Waals surface area contributed by atoms with E-state index in [1.54, 1.807) is 7.11 Å². The number of hydrogen-bond acceptors (Lipinski definition) is 1. The van der Waals surface area contributed by atoms with Gasteiger partial charge in [-0.15, -0.1) is 11.6 Å². The fraction of sp³-hybridized carbons (Fsp3) is 0.167. The molecule has 14 heavy (non-hydrogen) atoms. The summed E-state index contributed by atoms with van der Waals surface area (Å²) in [5.74, 6) is 1.44. The van der Waals surface area contributed by atoms with Gasteiger partial charge in [-0.2, -0.15) is 0 Å². The lowest BCUT2D eigenvalue weighted by molar-refractivity contribution is 0.415. The lowest BCUT2D eigenvalue weighted by Crippen LogP contribution is -1.83. The minimum Gasteiger partial charge on any atom is -0.497 e. The molecule has 2 aromatic carbocycles. The predicted octanol–water partition coefficient (Wildman–Crippen LogP) is 3.59. The molecule has 0 heterocycles. The number of rotatable bonds is 2. The number of hydrogen-bond donors (Lipinski definition) is 0. The van der Waals surface area contributed by atoms with Crippen LogP contribution in [0.15, 0.2) is 36.4 Å². The summed E-state index contributed by atoms with van der Waals surface area (Å²) in [7, 11) is 1.67. The van der Waals surface area contributed by atoms with E-state index < -0.39 is 0 Å². The molecule has 0 radical (unpaired) electrons. The maximum atomic E-state index is 5.76. The molecule has 0 fully saturated rings. The van der Waals surface area contributed by atoms with E-state index in [1.165, 1.54) is 10.8 Å². The van der Waals surface area contributed by atoms with Crippen LogP contribution in [0.4, 0.5) is 0 Å².